The first kappa shape index (κ1) is 13.5. The molecule has 0 amide bonds. The number of hydrogen-bond donors (Lipinski definition) is 1. The predicted octanol–water partition coefficient (Wildman–Crippen LogP) is 1.74. The first-order chi connectivity index (χ1) is 8.61. The van der Waals surface area contributed by atoms with Crippen molar-refractivity contribution in [3.63, 3.8) is 0 Å². The van der Waals surface area contributed by atoms with Crippen molar-refractivity contribution in [2.24, 2.45) is 0 Å². The molecule has 0 unspecified atom stereocenters. The molecule has 1 aromatic heterocycles. The fraction of sp³-hybridized carbons (Fsp3) is 0.667. The molecule has 6 heteroatoms. The summed E-state index contributed by atoms with van der Waals surface area (Å²) in [5.74, 6) is 1.21. The van der Waals surface area contributed by atoms with Crippen molar-refractivity contribution in [1.82, 2.24) is 14.9 Å². The molecular formula is C12H20BrN5. The van der Waals surface area contributed by atoms with Crippen LogP contribution in [0.25, 0.3) is 0 Å². The van der Waals surface area contributed by atoms with Gasteiger partial charge in [0, 0.05) is 32.4 Å². The van der Waals surface area contributed by atoms with E-state index in [-0.39, 0.29) is 0 Å². The highest BCUT2D eigenvalue weighted by Gasteiger charge is 2.23. The Morgan fingerprint density at radius 3 is 2.78 bits per heavy atom. The van der Waals surface area contributed by atoms with Crippen molar-refractivity contribution in [3.05, 3.63) is 10.7 Å². The number of aromatic nitrogens is 2. The van der Waals surface area contributed by atoms with Crippen LogP contribution in [0.3, 0.4) is 0 Å². The first-order valence-corrected chi connectivity index (χ1v) is 7.14. The van der Waals surface area contributed by atoms with E-state index in [2.05, 4.69) is 49.7 Å². The molecule has 5 nitrogen and oxygen atoms in total. The van der Waals surface area contributed by atoms with Gasteiger partial charge in [-0.1, -0.05) is 6.92 Å². The number of piperidine rings is 1. The minimum Gasteiger partial charge on any atom is -0.368 e. The van der Waals surface area contributed by atoms with Crippen molar-refractivity contribution in [2.45, 2.75) is 25.8 Å². The average molecular weight is 314 g/mol. The molecule has 18 heavy (non-hydrogen) atoms. The van der Waals surface area contributed by atoms with E-state index < -0.39 is 0 Å². The van der Waals surface area contributed by atoms with Gasteiger partial charge in [0.15, 0.2) is 0 Å². The van der Waals surface area contributed by atoms with Crippen LogP contribution in [0.5, 0.6) is 0 Å². The lowest BCUT2D eigenvalue weighted by atomic mass is 10.0. The van der Waals surface area contributed by atoms with E-state index in [0.29, 0.717) is 12.0 Å². The Balaban J connectivity index is 2.07. The molecular weight excluding hydrogens is 294 g/mol. The van der Waals surface area contributed by atoms with Gasteiger partial charge in [-0.15, -0.1) is 0 Å². The van der Waals surface area contributed by atoms with Gasteiger partial charge in [0.25, 0.3) is 0 Å². The predicted molar refractivity (Wildman–Crippen MR) is 77.7 cm³/mol. The third-order valence-electron chi connectivity index (χ3n) is 3.63. The third kappa shape index (κ3) is 2.92. The number of anilines is 2. The van der Waals surface area contributed by atoms with Crippen molar-refractivity contribution >= 4 is 27.7 Å². The largest absolute Gasteiger partial charge is 0.368 e. The lowest BCUT2D eigenvalue weighted by Crippen LogP contribution is -2.43. The van der Waals surface area contributed by atoms with Crippen LogP contribution >= 0.6 is 15.9 Å². The van der Waals surface area contributed by atoms with Crippen molar-refractivity contribution in [1.29, 1.82) is 0 Å². The van der Waals surface area contributed by atoms with Crippen molar-refractivity contribution < 1.29 is 0 Å². The van der Waals surface area contributed by atoms with Gasteiger partial charge < -0.3 is 15.5 Å². The number of nitrogens with zero attached hydrogens (tertiary/aromatic N) is 4. The van der Waals surface area contributed by atoms with E-state index in [9.17, 15) is 0 Å². The second-order valence-corrected chi connectivity index (χ2v) is 5.53. The summed E-state index contributed by atoms with van der Waals surface area (Å²) < 4.78 is 0.900. The average Bonchev–Trinajstić information content (AvgIpc) is 2.41. The van der Waals surface area contributed by atoms with Crippen molar-refractivity contribution in [2.75, 3.05) is 37.3 Å². The lowest BCUT2D eigenvalue weighted by molar-refractivity contribution is 0.220. The molecule has 2 rings (SSSR count). The topological polar surface area (TPSA) is 58.3 Å². The van der Waals surface area contributed by atoms with Gasteiger partial charge in [-0.3, -0.25) is 0 Å². The highest BCUT2D eigenvalue weighted by Crippen LogP contribution is 2.27. The fourth-order valence-corrected chi connectivity index (χ4v) is 2.89. The molecule has 0 atom stereocenters. The molecule has 1 aliphatic rings. The SMILES string of the molecule is CCN1CCC(N(C)c2nc(N)ncc2Br)CC1. The molecule has 2 heterocycles. The summed E-state index contributed by atoms with van der Waals surface area (Å²) in [4.78, 5) is 13.0. The zero-order valence-corrected chi connectivity index (χ0v) is 12.5. The van der Waals surface area contributed by atoms with Crippen LogP contribution in [0, 0.1) is 0 Å². The normalized spacial score (nSPS) is 17.9. The molecule has 1 saturated heterocycles. The van der Waals surface area contributed by atoms with Gasteiger partial charge in [-0.25, -0.2) is 4.98 Å². The van der Waals surface area contributed by atoms with Gasteiger partial charge in [-0.2, -0.15) is 4.98 Å². The second kappa shape index (κ2) is 5.84. The van der Waals surface area contributed by atoms with E-state index >= 15 is 0 Å². The smallest absolute Gasteiger partial charge is 0.222 e. The van der Waals surface area contributed by atoms with Crippen LogP contribution in [0.15, 0.2) is 10.7 Å². The van der Waals surface area contributed by atoms with Crippen LogP contribution in [0.2, 0.25) is 0 Å². The highest BCUT2D eigenvalue weighted by molar-refractivity contribution is 9.10. The van der Waals surface area contributed by atoms with Crippen LogP contribution in [0.4, 0.5) is 11.8 Å². The fourth-order valence-electron chi connectivity index (χ4n) is 2.41. The first-order valence-electron chi connectivity index (χ1n) is 6.35. The number of nitrogen functional groups attached to an aromatic ring is 1. The summed E-state index contributed by atoms with van der Waals surface area (Å²) in [5, 5.41) is 0. The van der Waals surface area contributed by atoms with Crippen LogP contribution in [-0.2, 0) is 0 Å². The molecule has 0 bridgehead atoms. The lowest BCUT2D eigenvalue weighted by Gasteiger charge is -2.37. The Labute approximate surface area is 117 Å². The van der Waals surface area contributed by atoms with E-state index in [1.807, 2.05) is 0 Å². The van der Waals surface area contributed by atoms with Gasteiger partial charge >= 0.3 is 0 Å². The van der Waals surface area contributed by atoms with E-state index in [0.717, 1.165) is 29.9 Å². The monoisotopic (exact) mass is 313 g/mol. The molecule has 0 radical (unpaired) electrons. The zero-order valence-electron chi connectivity index (χ0n) is 10.9. The number of hydrogen-bond acceptors (Lipinski definition) is 5. The second-order valence-electron chi connectivity index (χ2n) is 4.68. The van der Waals surface area contributed by atoms with Gasteiger partial charge in [0.2, 0.25) is 5.95 Å². The quantitative estimate of drug-likeness (QED) is 0.921. The maximum absolute atomic E-state index is 5.66. The number of nitrogens with two attached hydrogens (primary N) is 1. The van der Waals surface area contributed by atoms with Crippen molar-refractivity contribution in [3.8, 4) is 0 Å². The highest BCUT2D eigenvalue weighted by atomic mass is 79.9. The molecule has 100 valence electrons. The number of likely N-dealkylation sites (tertiary alicyclic amines) is 1. The molecule has 0 saturated carbocycles. The summed E-state index contributed by atoms with van der Waals surface area (Å²) in [6.45, 7) is 5.67. The van der Waals surface area contributed by atoms with E-state index in [1.165, 1.54) is 12.8 Å². The maximum atomic E-state index is 5.66. The summed E-state index contributed by atoms with van der Waals surface area (Å²) in [7, 11) is 2.08. The van der Waals surface area contributed by atoms with Gasteiger partial charge in [-0.05, 0) is 35.3 Å². The Bertz CT molecular complexity index is 403. The van der Waals surface area contributed by atoms with Gasteiger partial charge in [0.05, 0.1) is 4.47 Å². The summed E-state index contributed by atoms with van der Waals surface area (Å²) in [6.07, 6.45) is 4.05. The Morgan fingerprint density at radius 2 is 2.17 bits per heavy atom. The zero-order chi connectivity index (χ0) is 13.1. The number of rotatable bonds is 3. The Hall–Kier alpha value is -0.880. The summed E-state index contributed by atoms with van der Waals surface area (Å²) in [5.41, 5.74) is 5.66. The molecule has 1 aliphatic heterocycles. The van der Waals surface area contributed by atoms with E-state index in [1.54, 1.807) is 6.20 Å². The maximum Gasteiger partial charge on any atom is 0.222 e. The summed E-state index contributed by atoms with van der Waals surface area (Å²) >= 11 is 3.49. The third-order valence-corrected chi connectivity index (χ3v) is 4.19. The summed E-state index contributed by atoms with van der Waals surface area (Å²) in [6, 6.07) is 0.526. The molecule has 2 N–H and O–H groups in total. The molecule has 0 spiro atoms. The Morgan fingerprint density at radius 1 is 1.50 bits per heavy atom. The van der Waals surface area contributed by atoms with Gasteiger partial charge in [0.1, 0.15) is 5.82 Å². The van der Waals surface area contributed by atoms with Crippen LogP contribution < -0.4 is 10.6 Å². The minimum atomic E-state index is 0.325. The molecule has 0 aliphatic carbocycles. The molecule has 1 fully saturated rings. The number of halogens is 1. The Kier molecular flexibility index (Phi) is 4.40. The standard InChI is InChI=1S/C12H20BrN5/c1-3-18-6-4-9(5-7-18)17(2)11-10(13)8-15-12(14)16-11/h8-9H,3-7H2,1-2H3,(H2,14,15,16). The van der Waals surface area contributed by atoms with Crippen LogP contribution in [-0.4, -0.2) is 47.6 Å². The molecule has 0 aromatic carbocycles. The molecule has 1 aromatic rings. The van der Waals surface area contributed by atoms with Crippen LogP contribution in [0.1, 0.15) is 19.8 Å². The van der Waals surface area contributed by atoms with E-state index in [4.69, 9.17) is 5.73 Å². The minimum absolute atomic E-state index is 0.325.